The Morgan fingerprint density at radius 3 is 2.38 bits per heavy atom. The first-order valence-corrected chi connectivity index (χ1v) is 9.83. The Bertz CT molecular complexity index is 988. The summed E-state index contributed by atoms with van der Waals surface area (Å²) in [6.45, 7) is 4.29. The van der Waals surface area contributed by atoms with Crippen molar-refractivity contribution in [2.24, 2.45) is 5.92 Å². The third-order valence-electron chi connectivity index (χ3n) is 5.99. The van der Waals surface area contributed by atoms with Crippen molar-refractivity contribution in [3.8, 4) is 5.75 Å². The molecule has 0 spiro atoms. The van der Waals surface area contributed by atoms with Gasteiger partial charge in [-0.2, -0.15) is 0 Å². The van der Waals surface area contributed by atoms with Crippen LogP contribution in [-0.4, -0.2) is 24.2 Å². The lowest BCUT2D eigenvalue weighted by Crippen LogP contribution is -2.42. The third-order valence-corrected chi connectivity index (χ3v) is 5.99. The number of hydrogen-bond acceptors (Lipinski definition) is 4. The second-order valence-corrected chi connectivity index (χ2v) is 7.93. The molecule has 0 bridgehead atoms. The molecule has 0 unspecified atom stereocenters. The van der Waals surface area contributed by atoms with Crippen molar-refractivity contribution < 1.29 is 14.6 Å². The molecule has 1 aliphatic carbocycles. The average molecular weight is 389 g/mol. The summed E-state index contributed by atoms with van der Waals surface area (Å²) in [6, 6.07) is 18.3. The molecular formula is C25H27NO3. The average Bonchev–Trinajstić information content (AvgIpc) is 3.06. The van der Waals surface area contributed by atoms with Gasteiger partial charge in [-0.15, -0.1) is 0 Å². The Morgan fingerprint density at radius 1 is 0.931 bits per heavy atom. The van der Waals surface area contributed by atoms with Gasteiger partial charge in [-0.1, -0.05) is 42.5 Å². The predicted molar refractivity (Wildman–Crippen MR) is 114 cm³/mol. The summed E-state index contributed by atoms with van der Waals surface area (Å²) >= 11 is 0. The molecule has 4 heteroatoms. The monoisotopic (exact) mass is 389 g/mol. The first-order chi connectivity index (χ1) is 14.0. The quantitative estimate of drug-likeness (QED) is 0.736. The van der Waals surface area contributed by atoms with E-state index in [2.05, 4.69) is 43.0 Å². The van der Waals surface area contributed by atoms with Crippen LogP contribution in [-0.2, 0) is 10.3 Å². The minimum absolute atomic E-state index is 0.0231. The predicted octanol–water partition coefficient (Wildman–Crippen LogP) is 5.47. The zero-order chi connectivity index (χ0) is 20.6. The Balaban J connectivity index is 1.88. The Labute approximate surface area is 172 Å². The molecule has 4 nitrogen and oxygen atoms in total. The van der Waals surface area contributed by atoms with E-state index in [4.69, 9.17) is 9.47 Å². The maximum Gasteiger partial charge on any atom is 0.192 e. The lowest BCUT2D eigenvalue weighted by molar-refractivity contribution is 0.0586. The molecule has 2 atom stereocenters. The molecule has 0 saturated heterocycles. The summed E-state index contributed by atoms with van der Waals surface area (Å²) in [5.74, 6) is 1.89. The van der Waals surface area contributed by atoms with E-state index >= 15 is 0 Å². The smallest absolute Gasteiger partial charge is 0.192 e. The van der Waals surface area contributed by atoms with Crippen molar-refractivity contribution in [3.63, 3.8) is 0 Å². The normalized spacial score (nSPS) is 21.1. The number of benzene rings is 2. The molecule has 4 rings (SSSR count). The molecule has 0 aromatic heterocycles. The number of allylic oxidation sites excluding steroid dienone is 2. The summed E-state index contributed by atoms with van der Waals surface area (Å²) in [5, 5.41) is 11.4. The highest BCUT2D eigenvalue weighted by Gasteiger charge is 2.47. The van der Waals surface area contributed by atoms with Crippen molar-refractivity contribution in [1.29, 1.82) is 0 Å². The minimum atomic E-state index is -0.432. The molecule has 1 aliphatic heterocycles. The van der Waals surface area contributed by atoms with Gasteiger partial charge in [0.25, 0.3) is 0 Å². The highest BCUT2D eigenvalue weighted by Crippen LogP contribution is 2.52. The number of rotatable bonds is 5. The maximum absolute atomic E-state index is 11.4. The molecule has 2 aromatic rings. The maximum atomic E-state index is 11.4. The van der Waals surface area contributed by atoms with E-state index in [1.807, 2.05) is 48.6 Å². The molecule has 2 aromatic carbocycles. The lowest BCUT2D eigenvalue weighted by Gasteiger charge is -2.43. The first kappa shape index (κ1) is 19.2. The molecule has 29 heavy (non-hydrogen) atoms. The van der Waals surface area contributed by atoms with Crippen LogP contribution in [0.15, 0.2) is 90.0 Å². The number of aliphatic hydroxyl groups excluding tert-OH is 1. The van der Waals surface area contributed by atoms with Gasteiger partial charge >= 0.3 is 0 Å². The van der Waals surface area contributed by atoms with Crippen LogP contribution in [0.25, 0.3) is 0 Å². The van der Waals surface area contributed by atoms with Crippen molar-refractivity contribution in [2.75, 3.05) is 14.2 Å². The summed E-state index contributed by atoms with van der Waals surface area (Å²) < 4.78 is 11.0. The van der Waals surface area contributed by atoms with E-state index in [9.17, 15) is 5.11 Å². The fourth-order valence-electron chi connectivity index (χ4n) is 4.44. The van der Waals surface area contributed by atoms with E-state index in [1.165, 1.54) is 0 Å². The summed E-state index contributed by atoms with van der Waals surface area (Å²) in [5.41, 5.74) is 2.70. The Hall–Kier alpha value is -3.14. The van der Waals surface area contributed by atoms with Crippen LogP contribution >= 0.6 is 0 Å². The van der Waals surface area contributed by atoms with E-state index in [1.54, 1.807) is 14.2 Å². The molecule has 2 aliphatic rings. The van der Waals surface area contributed by atoms with E-state index in [0.29, 0.717) is 5.88 Å². The van der Waals surface area contributed by atoms with Crippen LogP contribution in [0, 0.1) is 5.92 Å². The molecule has 1 N–H and O–H groups in total. The minimum Gasteiger partial charge on any atom is -0.497 e. The lowest BCUT2D eigenvalue weighted by atomic mass is 9.84. The standard InChI is InChI=1S/C25H27NO3/c1-25(2,18-10-6-5-7-11-18)26-23(17-9-8-12-19(15-17)28-3)22-16-20(29-4)13-14-21(22)24(26)27/h5-16,22-23,27H,1-4H3/t22-,23+/m0/s1. The van der Waals surface area contributed by atoms with Crippen molar-refractivity contribution in [1.82, 2.24) is 4.90 Å². The zero-order valence-corrected chi connectivity index (χ0v) is 17.3. The second-order valence-electron chi connectivity index (χ2n) is 7.93. The van der Waals surface area contributed by atoms with Gasteiger partial charge in [-0.3, -0.25) is 0 Å². The van der Waals surface area contributed by atoms with Crippen LogP contribution in [0.3, 0.4) is 0 Å². The number of aliphatic hydroxyl groups is 1. The molecule has 1 heterocycles. The SMILES string of the molecule is COC1=C[C@H]2C(=C(O)N(C(C)(C)c3ccccc3)[C@@H]2c2cccc(OC)c2)C=C1. The fourth-order valence-corrected chi connectivity index (χ4v) is 4.44. The van der Waals surface area contributed by atoms with Crippen LogP contribution in [0.4, 0.5) is 0 Å². The number of ether oxygens (including phenoxy) is 2. The largest absolute Gasteiger partial charge is 0.497 e. The van der Waals surface area contributed by atoms with Crippen molar-refractivity contribution in [2.45, 2.75) is 25.4 Å². The van der Waals surface area contributed by atoms with Crippen LogP contribution in [0.2, 0.25) is 0 Å². The van der Waals surface area contributed by atoms with Crippen LogP contribution in [0.1, 0.15) is 31.0 Å². The zero-order valence-electron chi connectivity index (χ0n) is 17.3. The second kappa shape index (κ2) is 7.36. The summed E-state index contributed by atoms with van der Waals surface area (Å²) in [6.07, 6.45) is 5.97. The van der Waals surface area contributed by atoms with Gasteiger partial charge in [0.15, 0.2) is 5.88 Å². The molecule has 0 saturated carbocycles. The summed E-state index contributed by atoms with van der Waals surface area (Å²) in [4.78, 5) is 2.12. The van der Waals surface area contributed by atoms with Crippen molar-refractivity contribution >= 4 is 0 Å². The molecule has 0 fully saturated rings. The summed E-state index contributed by atoms with van der Waals surface area (Å²) in [7, 11) is 3.35. The van der Waals surface area contributed by atoms with Crippen LogP contribution < -0.4 is 4.74 Å². The van der Waals surface area contributed by atoms with Gasteiger partial charge in [0.05, 0.1) is 25.8 Å². The topological polar surface area (TPSA) is 41.9 Å². The molecule has 0 radical (unpaired) electrons. The molecule has 150 valence electrons. The Kier molecular flexibility index (Phi) is 4.87. The van der Waals surface area contributed by atoms with Gasteiger partial charge in [-0.25, -0.2) is 0 Å². The van der Waals surface area contributed by atoms with E-state index < -0.39 is 5.54 Å². The fraction of sp³-hybridized carbons (Fsp3) is 0.280. The van der Waals surface area contributed by atoms with Gasteiger partial charge in [0.1, 0.15) is 11.5 Å². The molecule has 0 amide bonds. The molecular weight excluding hydrogens is 362 g/mol. The number of hydrogen-bond donors (Lipinski definition) is 1. The number of nitrogens with zero attached hydrogens (tertiary/aromatic N) is 1. The highest BCUT2D eigenvalue weighted by molar-refractivity contribution is 5.47. The van der Waals surface area contributed by atoms with Gasteiger partial charge in [0, 0.05) is 11.5 Å². The number of methoxy groups -OCH3 is 2. The number of fused-ring (bicyclic) bond motifs is 1. The first-order valence-electron chi connectivity index (χ1n) is 9.83. The van der Waals surface area contributed by atoms with E-state index in [0.717, 1.165) is 28.2 Å². The Morgan fingerprint density at radius 2 is 1.69 bits per heavy atom. The van der Waals surface area contributed by atoms with Crippen molar-refractivity contribution in [3.05, 3.63) is 101 Å². The van der Waals surface area contributed by atoms with Gasteiger partial charge in [-0.05, 0) is 55.3 Å². The van der Waals surface area contributed by atoms with Crippen LogP contribution in [0.5, 0.6) is 5.75 Å². The third kappa shape index (κ3) is 3.19. The van der Waals surface area contributed by atoms with Gasteiger partial charge < -0.3 is 19.5 Å². The van der Waals surface area contributed by atoms with E-state index in [-0.39, 0.29) is 12.0 Å². The van der Waals surface area contributed by atoms with Gasteiger partial charge in [0.2, 0.25) is 0 Å². The highest BCUT2D eigenvalue weighted by atomic mass is 16.5.